The molecule has 0 fully saturated rings. The molecule has 0 atom stereocenters. The van der Waals surface area contributed by atoms with Crippen LogP contribution in [0.5, 0.6) is 0 Å². The maximum atomic E-state index is 13.5. The molecule has 0 amide bonds. The van der Waals surface area contributed by atoms with Crippen molar-refractivity contribution in [3.63, 3.8) is 0 Å². The van der Waals surface area contributed by atoms with Crippen LogP contribution in [0.15, 0.2) is 12.3 Å². The van der Waals surface area contributed by atoms with Crippen LogP contribution in [0.25, 0.3) is 11.1 Å². The van der Waals surface area contributed by atoms with Crippen molar-refractivity contribution in [3.8, 4) is 11.1 Å². The summed E-state index contributed by atoms with van der Waals surface area (Å²) >= 11 is 0. The van der Waals surface area contributed by atoms with Crippen LogP contribution < -0.4 is 5.73 Å². The van der Waals surface area contributed by atoms with Gasteiger partial charge in [-0.05, 0) is 6.07 Å². The van der Waals surface area contributed by atoms with E-state index in [0.717, 1.165) is 0 Å². The van der Waals surface area contributed by atoms with Crippen molar-refractivity contribution in [3.05, 3.63) is 47.2 Å². The van der Waals surface area contributed by atoms with E-state index in [2.05, 4.69) is 4.98 Å². The third kappa shape index (κ3) is 1.98. The van der Waals surface area contributed by atoms with Gasteiger partial charge in [0.2, 0.25) is 5.82 Å². The average Bonchev–Trinajstić information content (AvgIpc) is 2.38. The first-order valence-electron chi connectivity index (χ1n) is 4.77. The Morgan fingerprint density at radius 2 is 1.26 bits per heavy atom. The predicted molar refractivity (Wildman–Crippen MR) is 53.8 cm³/mol. The van der Waals surface area contributed by atoms with E-state index in [-0.39, 0.29) is 0 Å². The van der Waals surface area contributed by atoms with Crippen LogP contribution in [0.1, 0.15) is 0 Å². The molecule has 0 radical (unpaired) electrons. The lowest BCUT2D eigenvalue weighted by molar-refractivity contribution is 0.381. The molecule has 0 bridgehead atoms. The van der Waals surface area contributed by atoms with Crippen LogP contribution in [-0.4, -0.2) is 4.98 Å². The first-order valence-corrected chi connectivity index (χ1v) is 4.77. The first kappa shape index (κ1) is 13.2. The number of hydrogen-bond donors (Lipinski definition) is 1. The Kier molecular flexibility index (Phi) is 3.09. The summed E-state index contributed by atoms with van der Waals surface area (Å²) in [5, 5.41) is 0. The number of halogens is 6. The van der Waals surface area contributed by atoms with Gasteiger partial charge < -0.3 is 5.73 Å². The molecule has 100 valence electrons. The fraction of sp³-hybridized carbons (Fsp3) is 0. The fourth-order valence-electron chi connectivity index (χ4n) is 1.49. The SMILES string of the molecule is Nc1ncc(F)cc1-c1c(F)c(F)c(F)c(F)c1F. The van der Waals surface area contributed by atoms with Gasteiger partial charge in [0, 0.05) is 5.56 Å². The molecule has 0 aliphatic carbocycles. The minimum absolute atomic E-state index is 0.528. The van der Waals surface area contributed by atoms with E-state index in [4.69, 9.17) is 5.73 Å². The van der Waals surface area contributed by atoms with Gasteiger partial charge in [-0.3, -0.25) is 0 Å². The summed E-state index contributed by atoms with van der Waals surface area (Å²) in [6.07, 6.45) is 0.644. The molecule has 1 aromatic heterocycles. The second kappa shape index (κ2) is 4.45. The molecule has 8 heteroatoms. The van der Waals surface area contributed by atoms with E-state index in [0.29, 0.717) is 12.3 Å². The molecule has 19 heavy (non-hydrogen) atoms. The number of pyridine rings is 1. The average molecular weight is 278 g/mol. The molecule has 2 nitrogen and oxygen atoms in total. The van der Waals surface area contributed by atoms with Crippen molar-refractivity contribution < 1.29 is 26.3 Å². The molecule has 0 saturated carbocycles. The second-order valence-electron chi connectivity index (χ2n) is 3.53. The van der Waals surface area contributed by atoms with E-state index in [1.807, 2.05) is 0 Å². The zero-order valence-corrected chi connectivity index (χ0v) is 8.95. The molecule has 0 saturated heterocycles. The molecule has 0 spiro atoms. The standard InChI is InChI=1S/C11H4F6N2/c12-3-1-4(11(18)19-2-3)5-6(13)8(15)10(17)9(16)7(5)14/h1-2H,(H2,18,19). The maximum absolute atomic E-state index is 13.5. The van der Waals surface area contributed by atoms with Gasteiger partial charge in [-0.1, -0.05) is 0 Å². The Morgan fingerprint density at radius 3 is 1.79 bits per heavy atom. The number of benzene rings is 1. The highest BCUT2D eigenvalue weighted by molar-refractivity contribution is 5.74. The Labute approximate surface area is 102 Å². The normalized spacial score (nSPS) is 10.8. The van der Waals surface area contributed by atoms with Crippen LogP contribution >= 0.6 is 0 Å². The maximum Gasteiger partial charge on any atom is 0.200 e. The Morgan fingerprint density at radius 1 is 0.789 bits per heavy atom. The number of nitrogens with two attached hydrogens (primary N) is 1. The van der Waals surface area contributed by atoms with Crippen LogP contribution in [0.4, 0.5) is 32.2 Å². The number of hydrogen-bond acceptors (Lipinski definition) is 2. The Balaban J connectivity index is 2.87. The highest BCUT2D eigenvalue weighted by Gasteiger charge is 2.28. The predicted octanol–water partition coefficient (Wildman–Crippen LogP) is 3.17. The molecule has 0 aliphatic heterocycles. The molecule has 0 aliphatic rings. The van der Waals surface area contributed by atoms with E-state index in [1.165, 1.54) is 0 Å². The third-order valence-corrected chi connectivity index (χ3v) is 2.36. The van der Waals surface area contributed by atoms with Gasteiger partial charge in [0.1, 0.15) is 11.6 Å². The minimum atomic E-state index is -2.30. The summed E-state index contributed by atoms with van der Waals surface area (Å²) in [5.74, 6) is -12.4. The number of nitrogens with zero attached hydrogens (tertiary/aromatic N) is 1. The summed E-state index contributed by atoms with van der Waals surface area (Å²) in [5.41, 5.74) is 3.21. The lowest BCUT2D eigenvalue weighted by Crippen LogP contribution is -2.06. The first-order chi connectivity index (χ1) is 8.84. The third-order valence-electron chi connectivity index (χ3n) is 2.36. The van der Waals surface area contributed by atoms with Crippen molar-refractivity contribution in [2.24, 2.45) is 0 Å². The van der Waals surface area contributed by atoms with Crippen LogP contribution in [0, 0.1) is 34.9 Å². The van der Waals surface area contributed by atoms with Gasteiger partial charge in [-0.25, -0.2) is 31.3 Å². The van der Waals surface area contributed by atoms with Crippen LogP contribution in [-0.2, 0) is 0 Å². The molecule has 0 unspecified atom stereocenters. The summed E-state index contributed by atoms with van der Waals surface area (Å²) < 4.78 is 78.8. The number of rotatable bonds is 1. The topological polar surface area (TPSA) is 38.9 Å². The fourth-order valence-corrected chi connectivity index (χ4v) is 1.49. The van der Waals surface area contributed by atoms with Crippen molar-refractivity contribution in [1.82, 2.24) is 4.98 Å². The zero-order chi connectivity index (χ0) is 14.3. The summed E-state index contributed by atoms with van der Waals surface area (Å²) in [4.78, 5) is 3.25. The summed E-state index contributed by atoms with van der Waals surface area (Å²) in [6, 6.07) is 0.528. The number of nitrogen functional groups attached to an aromatic ring is 1. The van der Waals surface area contributed by atoms with Gasteiger partial charge in [-0.2, -0.15) is 0 Å². The van der Waals surface area contributed by atoms with E-state index < -0.39 is 51.8 Å². The largest absolute Gasteiger partial charge is 0.383 e. The van der Waals surface area contributed by atoms with Crippen molar-refractivity contribution in [1.29, 1.82) is 0 Å². The van der Waals surface area contributed by atoms with E-state index in [9.17, 15) is 26.3 Å². The number of aromatic nitrogens is 1. The van der Waals surface area contributed by atoms with E-state index in [1.54, 1.807) is 0 Å². The molecule has 1 heterocycles. The lowest BCUT2D eigenvalue weighted by atomic mass is 10.0. The van der Waals surface area contributed by atoms with Gasteiger partial charge >= 0.3 is 0 Å². The molecule has 2 N–H and O–H groups in total. The zero-order valence-electron chi connectivity index (χ0n) is 8.95. The van der Waals surface area contributed by atoms with Crippen LogP contribution in [0.3, 0.4) is 0 Å². The van der Waals surface area contributed by atoms with Crippen molar-refractivity contribution in [2.75, 3.05) is 5.73 Å². The molecular weight excluding hydrogens is 274 g/mol. The van der Waals surface area contributed by atoms with Crippen molar-refractivity contribution in [2.45, 2.75) is 0 Å². The molecular formula is C11H4F6N2. The highest BCUT2D eigenvalue weighted by atomic mass is 19.2. The second-order valence-corrected chi connectivity index (χ2v) is 3.53. The van der Waals surface area contributed by atoms with Crippen LogP contribution in [0.2, 0.25) is 0 Å². The molecule has 2 rings (SSSR count). The highest BCUT2D eigenvalue weighted by Crippen LogP contribution is 2.34. The smallest absolute Gasteiger partial charge is 0.200 e. The van der Waals surface area contributed by atoms with Gasteiger partial charge in [-0.15, -0.1) is 0 Å². The number of anilines is 1. The molecule has 2 aromatic rings. The minimum Gasteiger partial charge on any atom is -0.383 e. The summed E-state index contributed by atoms with van der Waals surface area (Å²) in [7, 11) is 0. The van der Waals surface area contributed by atoms with E-state index >= 15 is 0 Å². The van der Waals surface area contributed by atoms with Crippen molar-refractivity contribution >= 4 is 5.82 Å². The molecule has 1 aromatic carbocycles. The monoisotopic (exact) mass is 278 g/mol. The quantitative estimate of drug-likeness (QED) is 0.494. The Hall–Kier alpha value is -2.25. The van der Waals surface area contributed by atoms with Gasteiger partial charge in [0.25, 0.3) is 0 Å². The lowest BCUT2D eigenvalue weighted by Gasteiger charge is -2.10. The Bertz CT molecular complexity index is 642. The van der Waals surface area contributed by atoms with Gasteiger partial charge in [0.05, 0.1) is 11.8 Å². The van der Waals surface area contributed by atoms with Gasteiger partial charge in [0.15, 0.2) is 23.3 Å². The summed E-state index contributed by atoms with van der Waals surface area (Å²) in [6.45, 7) is 0.